The second kappa shape index (κ2) is 4.24. The van der Waals surface area contributed by atoms with Crippen molar-refractivity contribution in [2.24, 2.45) is 0 Å². The van der Waals surface area contributed by atoms with E-state index in [0.29, 0.717) is 6.54 Å². The highest BCUT2D eigenvalue weighted by Gasteiger charge is 2.30. The molecule has 82 valence electrons. The summed E-state index contributed by atoms with van der Waals surface area (Å²) in [5.41, 5.74) is 1.89. The maximum Gasteiger partial charge on any atom is 0.0823 e. The molecule has 2 nitrogen and oxygen atoms in total. The molecule has 0 bridgehead atoms. The van der Waals surface area contributed by atoms with Gasteiger partial charge in [0.25, 0.3) is 0 Å². The molecule has 1 fully saturated rings. The lowest BCUT2D eigenvalue weighted by Crippen LogP contribution is -2.33. The minimum absolute atomic E-state index is 0.541. The van der Waals surface area contributed by atoms with E-state index in [9.17, 15) is 5.11 Å². The maximum absolute atomic E-state index is 10.2. The van der Waals surface area contributed by atoms with E-state index < -0.39 is 5.60 Å². The summed E-state index contributed by atoms with van der Waals surface area (Å²) in [6, 6.07) is 6.27. The van der Waals surface area contributed by atoms with Crippen molar-refractivity contribution in [1.82, 2.24) is 5.32 Å². The minimum Gasteiger partial charge on any atom is -0.388 e. The third-order valence-corrected chi connectivity index (χ3v) is 3.87. The van der Waals surface area contributed by atoms with Gasteiger partial charge in [-0.25, -0.2) is 0 Å². The first-order valence-electron chi connectivity index (χ1n) is 5.27. The van der Waals surface area contributed by atoms with Crippen molar-refractivity contribution in [3.8, 4) is 0 Å². The first-order chi connectivity index (χ1) is 7.09. The van der Waals surface area contributed by atoms with Gasteiger partial charge in [0.1, 0.15) is 0 Å². The van der Waals surface area contributed by atoms with Gasteiger partial charge < -0.3 is 10.4 Å². The second-order valence-electron chi connectivity index (χ2n) is 4.41. The van der Waals surface area contributed by atoms with Crippen LogP contribution >= 0.6 is 15.9 Å². The van der Waals surface area contributed by atoms with Crippen molar-refractivity contribution in [2.75, 3.05) is 13.1 Å². The van der Waals surface area contributed by atoms with Crippen LogP contribution in [0.2, 0.25) is 0 Å². The average Bonchev–Trinajstić information content (AvgIpc) is 2.59. The molecule has 0 amide bonds. The Morgan fingerprint density at radius 3 is 2.93 bits per heavy atom. The van der Waals surface area contributed by atoms with Crippen LogP contribution in [0.5, 0.6) is 0 Å². The molecular weight excluding hydrogens is 254 g/mol. The molecule has 1 aromatic rings. The molecule has 2 N–H and O–H groups in total. The van der Waals surface area contributed by atoms with Crippen LogP contribution in [-0.4, -0.2) is 23.8 Å². The molecule has 3 heteroatoms. The number of β-amino-alcohol motifs (C(OH)–C–C–N with tert-alkyl or cyclic N) is 1. The number of aryl methyl sites for hydroxylation is 1. The highest BCUT2D eigenvalue weighted by molar-refractivity contribution is 9.10. The van der Waals surface area contributed by atoms with Gasteiger partial charge in [0, 0.05) is 17.4 Å². The zero-order valence-corrected chi connectivity index (χ0v) is 10.5. The Hall–Kier alpha value is -0.380. The standard InChI is InChI=1S/C12H16BrNO/c1-9-6-10(2-3-11(9)13)7-12(15)4-5-14-8-12/h2-3,6,14-15H,4-5,7-8H2,1H3. The van der Waals surface area contributed by atoms with E-state index in [0.717, 1.165) is 23.9 Å². The lowest BCUT2D eigenvalue weighted by Gasteiger charge is -2.21. The molecule has 0 radical (unpaired) electrons. The molecule has 15 heavy (non-hydrogen) atoms. The Balaban J connectivity index is 2.13. The summed E-state index contributed by atoms with van der Waals surface area (Å²) in [7, 11) is 0. The number of nitrogens with one attached hydrogen (secondary N) is 1. The fourth-order valence-corrected chi connectivity index (χ4v) is 2.32. The lowest BCUT2D eigenvalue weighted by molar-refractivity contribution is 0.0619. The van der Waals surface area contributed by atoms with E-state index in [4.69, 9.17) is 0 Å². The normalized spacial score (nSPS) is 25.8. The van der Waals surface area contributed by atoms with Gasteiger partial charge in [0.05, 0.1) is 5.60 Å². The highest BCUT2D eigenvalue weighted by Crippen LogP contribution is 2.23. The first-order valence-corrected chi connectivity index (χ1v) is 6.06. The van der Waals surface area contributed by atoms with Gasteiger partial charge in [-0.05, 0) is 37.1 Å². The first kappa shape index (κ1) is 11.1. The van der Waals surface area contributed by atoms with Gasteiger partial charge in [-0.3, -0.25) is 0 Å². The van der Waals surface area contributed by atoms with Crippen LogP contribution in [0.15, 0.2) is 22.7 Å². The van der Waals surface area contributed by atoms with E-state index >= 15 is 0 Å². The molecule has 1 atom stereocenters. The SMILES string of the molecule is Cc1cc(CC2(O)CCNC2)ccc1Br. The molecular formula is C12H16BrNO. The van der Waals surface area contributed by atoms with Gasteiger partial charge in [-0.15, -0.1) is 0 Å². The Morgan fingerprint density at radius 1 is 1.53 bits per heavy atom. The predicted molar refractivity (Wildman–Crippen MR) is 65.0 cm³/mol. The highest BCUT2D eigenvalue weighted by atomic mass is 79.9. The fraction of sp³-hybridized carbons (Fsp3) is 0.500. The Bertz CT molecular complexity index is 359. The molecule has 1 unspecified atom stereocenters. The third kappa shape index (κ3) is 2.60. The molecule has 0 spiro atoms. The van der Waals surface area contributed by atoms with Crippen LogP contribution in [0.25, 0.3) is 0 Å². The van der Waals surface area contributed by atoms with E-state index in [1.807, 2.05) is 0 Å². The summed E-state index contributed by atoms with van der Waals surface area (Å²) in [6.45, 7) is 3.71. The van der Waals surface area contributed by atoms with Crippen LogP contribution in [-0.2, 0) is 6.42 Å². The Kier molecular flexibility index (Phi) is 3.14. The van der Waals surface area contributed by atoms with Crippen molar-refractivity contribution in [3.05, 3.63) is 33.8 Å². The van der Waals surface area contributed by atoms with Crippen molar-refractivity contribution < 1.29 is 5.11 Å². The van der Waals surface area contributed by atoms with Crippen LogP contribution < -0.4 is 5.32 Å². The van der Waals surface area contributed by atoms with Crippen LogP contribution in [0.1, 0.15) is 17.5 Å². The molecule has 0 aliphatic carbocycles. The Labute approximate surface area is 98.8 Å². The smallest absolute Gasteiger partial charge is 0.0823 e. The molecule has 1 aliphatic rings. The van der Waals surface area contributed by atoms with Gasteiger partial charge in [0.2, 0.25) is 0 Å². The fourth-order valence-electron chi connectivity index (χ4n) is 2.08. The summed E-state index contributed by atoms with van der Waals surface area (Å²) in [4.78, 5) is 0. The number of hydrogen-bond acceptors (Lipinski definition) is 2. The zero-order valence-electron chi connectivity index (χ0n) is 8.89. The quantitative estimate of drug-likeness (QED) is 0.861. The van der Waals surface area contributed by atoms with Crippen molar-refractivity contribution in [3.63, 3.8) is 0 Å². The number of rotatable bonds is 2. The largest absolute Gasteiger partial charge is 0.388 e. The number of hydrogen-bond donors (Lipinski definition) is 2. The number of benzene rings is 1. The van der Waals surface area contributed by atoms with E-state index in [1.165, 1.54) is 11.1 Å². The summed E-state index contributed by atoms with van der Waals surface area (Å²) in [6.07, 6.45) is 1.59. The summed E-state index contributed by atoms with van der Waals surface area (Å²) < 4.78 is 1.13. The summed E-state index contributed by atoms with van der Waals surface area (Å²) in [5.74, 6) is 0. The van der Waals surface area contributed by atoms with Crippen LogP contribution in [0, 0.1) is 6.92 Å². The van der Waals surface area contributed by atoms with Crippen LogP contribution in [0.3, 0.4) is 0 Å². The summed E-state index contributed by atoms with van der Waals surface area (Å²) >= 11 is 3.48. The van der Waals surface area contributed by atoms with Crippen molar-refractivity contribution >= 4 is 15.9 Å². The molecule has 1 aromatic carbocycles. The Morgan fingerprint density at radius 2 is 2.33 bits per heavy atom. The zero-order chi connectivity index (χ0) is 10.9. The molecule has 0 aromatic heterocycles. The van der Waals surface area contributed by atoms with E-state index in [2.05, 4.69) is 46.4 Å². The molecule has 1 saturated heterocycles. The van der Waals surface area contributed by atoms with Gasteiger partial charge in [-0.2, -0.15) is 0 Å². The lowest BCUT2D eigenvalue weighted by atomic mass is 9.93. The monoisotopic (exact) mass is 269 g/mol. The topological polar surface area (TPSA) is 32.3 Å². The van der Waals surface area contributed by atoms with Crippen molar-refractivity contribution in [2.45, 2.75) is 25.4 Å². The van der Waals surface area contributed by atoms with Gasteiger partial charge in [-0.1, -0.05) is 28.1 Å². The summed E-state index contributed by atoms with van der Waals surface area (Å²) in [5, 5.41) is 13.4. The third-order valence-electron chi connectivity index (χ3n) is 2.98. The van der Waals surface area contributed by atoms with Gasteiger partial charge >= 0.3 is 0 Å². The molecule has 1 heterocycles. The number of halogens is 1. The van der Waals surface area contributed by atoms with Gasteiger partial charge in [0.15, 0.2) is 0 Å². The second-order valence-corrected chi connectivity index (χ2v) is 5.27. The molecule has 1 aliphatic heterocycles. The van der Waals surface area contributed by atoms with Crippen molar-refractivity contribution in [1.29, 1.82) is 0 Å². The maximum atomic E-state index is 10.2. The average molecular weight is 270 g/mol. The molecule has 0 saturated carbocycles. The predicted octanol–water partition coefficient (Wildman–Crippen LogP) is 2.02. The number of aliphatic hydroxyl groups is 1. The molecule has 2 rings (SSSR count). The van der Waals surface area contributed by atoms with E-state index in [-0.39, 0.29) is 0 Å². The van der Waals surface area contributed by atoms with E-state index in [1.54, 1.807) is 0 Å². The van der Waals surface area contributed by atoms with Crippen LogP contribution in [0.4, 0.5) is 0 Å². The minimum atomic E-state index is -0.541.